The average Bonchev–Trinajstić information content (AvgIpc) is 2.83. The minimum Gasteiger partial charge on any atom is -0.385 e. The zero-order valence-corrected chi connectivity index (χ0v) is 8.53. The Labute approximate surface area is 80.0 Å². The molecule has 3 atom stereocenters. The Morgan fingerprint density at radius 2 is 2.31 bits per heavy atom. The SMILES string of the molecule is COCCCN1C[C@@H]2O[C@H]2C[C@@H]1C. The third kappa shape index (κ3) is 2.22. The molecule has 0 N–H and O–H groups in total. The van der Waals surface area contributed by atoms with Gasteiger partial charge in [0.1, 0.15) is 0 Å². The number of hydrogen-bond acceptors (Lipinski definition) is 3. The quantitative estimate of drug-likeness (QED) is 0.480. The second-order valence-corrected chi connectivity index (χ2v) is 4.14. The fourth-order valence-corrected chi connectivity index (χ4v) is 2.17. The summed E-state index contributed by atoms with van der Waals surface area (Å²) < 4.78 is 10.6. The van der Waals surface area contributed by atoms with Crippen LogP contribution < -0.4 is 0 Å². The molecule has 2 aliphatic heterocycles. The summed E-state index contributed by atoms with van der Waals surface area (Å²) in [4.78, 5) is 2.52. The number of fused-ring (bicyclic) bond motifs is 1. The molecule has 0 radical (unpaired) electrons. The fraction of sp³-hybridized carbons (Fsp3) is 1.00. The first kappa shape index (κ1) is 9.44. The van der Waals surface area contributed by atoms with Crippen molar-refractivity contribution in [2.45, 2.75) is 38.0 Å². The van der Waals surface area contributed by atoms with E-state index in [1.165, 1.54) is 6.42 Å². The van der Waals surface area contributed by atoms with Gasteiger partial charge in [0.05, 0.1) is 12.2 Å². The molecule has 3 nitrogen and oxygen atoms in total. The lowest BCUT2D eigenvalue weighted by Crippen LogP contribution is -2.42. The summed E-state index contributed by atoms with van der Waals surface area (Å²) in [6.07, 6.45) is 3.50. The molecule has 0 unspecified atom stereocenters. The van der Waals surface area contributed by atoms with Crippen LogP contribution in [0.25, 0.3) is 0 Å². The molecule has 0 aromatic carbocycles. The molecule has 76 valence electrons. The summed E-state index contributed by atoms with van der Waals surface area (Å²) in [5.74, 6) is 0. The van der Waals surface area contributed by atoms with E-state index in [0.29, 0.717) is 18.2 Å². The van der Waals surface area contributed by atoms with E-state index >= 15 is 0 Å². The maximum Gasteiger partial charge on any atom is 0.0969 e. The number of piperidine rings is 1. The van der Waals surface area contributed by atoms with Crippen molar-refractivity contribution in [2.24, 2.45) is 0 Å². The number of rotatable bonds is 4. The largest absolute Gasteiger partial charge is 0.385 e. The highest BCUT2D eigenvalue weighted by molar-refractivity contribution is 4.95. The molecule has 2 saturated heterocycles. The van der Waals surface area contributed by atoms with Crippen molar-refractivity contribution in [3.05, 3.63) is 0 Å². The molecule has 0 aromatic heterocycles. The smallest absolute Gasteiger partial charge is 0.0969 e. The van der Waals surface area contributed by atoms with Gasteiger partial charge >= 0.3 is 0 Å². The highest BCUT2D eigenvalue weighted by Crippen LogP contribution is 2.33. The molecule has 2 rings (SSSR count). The van der Waals surface area contributed by atoms with Gasteiger partial charge in [-0.1, -0.05) is 0 Å². The Balaban J connectivity index is 1.71. The number of methoxy groups -OCH3 is 1. The van der Waals surface area contributed by atoms with Crippen molar-refractivity contribution in [2.75, 3.05) is 26.8 Å². The molecule has 0 aliphatic carbocycles. The molecule has 0 saturated carbocycles. The van der Waals surface area contributed by atoms with Crippen LogP contribution in [0.1, 0.15) is 19.8 Å². The van der Waals surface area contributed by atoms with E-state index in [2.05, 4.69) is 11.8 Å². The Hall–Kier alpha value is -0.120. The van der Waals surface area contributed by atoms with E-state index in [4.69, 9.17) is 9.47 Å². The monoisotopic (exact) mass is 185 g/mol. The van der Waals surface area contributed by atoms with Crippen LogP contribution in [0.3, 0.4) is 0 Å². The van der Waals surface area contributed by atoms with Gasteiger partial charge in [-0.3, -0.25) is 4.90 Å². The Morgan fingerprint density at radius 3 is 3.08 bits per heavy atom. The summed E-state index contributed by atoms with van der Waals surface area (Å²) in [5, 5.41) is 0. The summed E-state index contributed by atoms with van der Waals surface area (Å²) in [6, 6.07) is 0.695. The number of likely N-dealkylation sites (tertiary alicyclic amines) is 1. The molecule has 0 spiro atoms. The van der Waals surface area contributed by atoms with E-state index in [-0.39, 0.29) is 0 Å². The first-order valence-electron chi connectivity index (χ1n) is 5.19. The van der Waals surface area contributed by atoms with Gasteiger partial charge in [0.2, 0.25) is 0 Å². The Bertz CT molecular complexity index is 174. The summed E-state index contributed by atoms with van der Waals surface area (Å²) in [7, 11) is 1.76. The van der Waals surface area contributed by atoms with Gasteiger partial charge in [-0.15, -0.1) is 0 Å². The summed E-state index contributed by atoms with van der Waals surface area (Å²) in [5.41, 5.74) is 0. The van der Waals surface area contributed by atoms with Crippen LogP contribution in [0, 0.1) is 0 Å². The van der Waals surface area contributed by atoms with Gasteiger partial charge in [0.25, 0.3) is 0 Å². The van der Waals surface area contributed by atoms with E-state index in [0.717, 1.165) is 26.1 Å². The van der Waals surface area contributed by atoms with Gasteiger partial charge < -0.3 is 9.47 Å². The Kier molecular flexibility index (Phi) is 2.86. The number of ether oxygens (including phenoxy) is 2. The minimum atomic E-state index is 0.554. The normalized spacial score (nSPS) is 38.8. The topological polar surface area (TPSA) is 25.0 Å². The molecule has 2 fully saturated rings. The van der Waals surface area contributed by atoms with Gasteiger partial charge in [0, 0.05) is 32.8 Å². The maximum atomic E-state index is 5.51. The van der Waals surface area contributed by atoms with Crippen LogP contribution >= 0.6 is 0 Å². The second kappa shape index (κ2) is 3.95. The molecule has 13 heavy (non-hydrogen) atoms. The number of epoxide rings is 1. The first-order valence-corrected chi connectivity index (χ1v) is 5.19. The van der Waals surface area contributed by atoms with Gasteiger partial charge in [-0.25, -0.2) is 0 Å². The molecule has 2 aliphatic rings. The van der Waals surface area contributed by atoms with Crippen molar-refractivity contribution >= 4 is 0 Å². The predicted molar refractivity (Wildman–Crippen MR) is 50.8 cm³/mol. The second-order valence-electron chi connectivity index (χ2n) is 4.14. The van der Waals surface area contributed by atoms with Crippen LogP contribution in [-0.4, -0.2) is 50.0 Å². The van der Waals surface area contributed by atoms with Crippen LogP contribution in [0.2, 0.25) is 0 Å². The summed E-state index contributed by atoms with van der Waals surface area (Å²) in [6.45, 7) is 5.46. The zero-order chi connectivity index (χ0) is 9.26. The van der Waals surface area contributed by atoms with Crippen molar-refractivity contribution in [3.63, 3.8) is 0 Å². The van der Waals surface area contributed by atoms with Gasteiger partial charge in [-0.2, -0.15) is 0 Å². The first-order chi connectivity index (χ1) is 6.31. The van der Waals surface area contributed by atoms with Crippen LogP contribution in [0.4, 0.5) is 0 Å². The van der Waals surface area contributed by atoms with Gasteiger partial charge in [-0.05, 0) is 19.8 Å². The molecule has 0 bridgehead atoms. The van der Waals surface area contributed by atoms with Crippen molar-refractivity contribution in [1.82, 2.24) is 4.90 Å². The van der Waals surface area contributed by atoms with E-state index < -0.39 is 0 Å². The molecular weight excluding hydrogens is 166 g/mol. The highest BCUT2D eigenvalue weighted by Gasteiger charge is 2.45. The maximum absolute atomic E-state index is 5.51. The van der Waals surface area contributed by atoms with E-state index in [1.807, 2.05) is 0 Å². The van der Waals surface area contributed by atoms with Crippen LogP contribution in [0.15, 0.2) is 0 Å². The molecule has 2 heterocycles. The fourth-order valence-electron chi connectivity index (χ4n) is 2.17. The minimum absolute atomic E-state index is 0.554. The third-order valence-corrected chi connectivity index (χ3v) is 3.09. The van der Waals surface area contributed by atoms with Crippen LogP contribution in [0.5, 0.6) is 0 Å². The zero-order valence-electron chi connectivity index (χ0n) is 8.53. The van der Waals surface area contributed by atoms with Gasteiger partial charge in [0.15, 0.2) is 0 Å². The lowest BCUT2D eigenvalue weighted by Gasteiger charge is -2.30. The van der Waals surface area contributed by atoms with Crippen molar-refractivity contribution < 1.29 is 9.47 Å². The Morgan fingerprint density at radius 1 is 1.46 bits per heavy atom. The van der Waals surface area contributed by atoms with Crippen molar-refractivity contribution in [1.29, 1.82) is 0 Å². The lowest BCUT2D eigenvalue weighted by atomic mass is 10.0. The standard InChI is InChI=1S/C10H19NO2/c1-8-6-9-10(13-9)7-11(8)4-3-5-12-2/h8-10H,3-7H2,1-2H3/t8-,9-,10-/m0/s1. The predicted octanol–water partition coefficient (Wildman–Crippen LogP) is 0.884. The third-order valence-electron chi connectivity index (χ3n) is 3.09. The summed E-state index contributed by atoms with van der Waals surface area (Å²) >= 11 is 0. The molecule has 0 amide bonds. The molecule has 3 heteroatoms. The molecular formula is C10H19NO2. The highest BCUT2D eigenvalue weighted by atomic mass is 16.6. The van der Waals surface area contributed by atoms with Crippen molar-refractivity contribution in [3.8, 4) is 0 Å². The van der Waals surface area contributed by atoms with E-state index in [9.17, 15) is 0 Å². The average molecular weight is 185 g/mol. The molecule has 0 aromatic rings. The number of hydrogen-bond donors (Lipinski definition) is 0. The van der Waals surface area contributed by atoms with Crippen LogP contribution in [-0.2, 0) is 9.47 Å². The number of nitrogens with zero attached hydrogens (tertiary/aromatic N) is 1. The van der Waals surface area contributed by atoms with E-state index in [1.54, 1.807) is 7.11 Å². The lowest BCUT2D eigenvalue weighted by molar-refractivity contribution is 0.140.